The van der Waals surface area contributed by atoms with Gasteiger partial charge < -0.3 is 14.0 Å². The van der Waals surface area contributed by atoms with E-state index >= 15 is 0 Å². The Balaban J connectivity index is 1.02. The molecule has 2 aromatic carbocycles. The predicted octanol–water partition coefficient (Wildman–Crippen LogP) is 7.33. The van der Waals surface area contributed by atoms with Gasteiger partial charge in [-0.05, 0) is 118 Å². The maximum Gasteiger partial charge on any atom is 0.173 e. The van der Waals surface area contributed by atoms with Crippen LogP contribution in [0.3, 0.4) is 0 Å². The van der Waals surface area contributed by atoms with Crippen LogP contribution in [0, 0.1) is 17.8 Å². The third-order valence-electron chi connectivity index (χ3n) is 8.50. The number of aromatic hydroxyl groups is 1. The summed E-state index contributed by atoms with van der Waals surface area (Å²) in [7, 11) is -3.29. The van der Waals surface area contributed by atoms with Gasteiger partial charge >= 0.3 is 0 Å². The summed E-state index contributed by atoms with van der Waals surface area (Å²) in [5, 5.41) is 19.4. The van der Waals surface area contributed by atoms with Gasteiger partial charge in [-0.2, -0.15) is 0 Å². The number of phenolic OH excluding ortho intramolecular Hbond substituents is 1. The molecule has 206 valence electrons. The number of rotatable bonds is 13. The number of fused-ring (bicyclic) bond motifs is 2. The Morgan fingerprint density at radius 1 is 0.895 bits per heavy atom. The second-order valence-corrected chi connectivity index (χ2v) is 21.7. The number of nitrogens with zero attached hydrogens (tertiary/aromatic N) is 3. The highest BCUT2D eigenvalue weighted by atomic mass is 28.4. The van der Waals surface area contributed by atoms with E-state index in [0.717, 1.165) is 59.8 Å². The molecule has 1 aromatic heterocycles. The Kier molecular flexibility index (Phi) is 8.43. The fourth-order valence-electron chi connectivity index (χ4n) is 6.36. The summed E-state index contributed by atoms with van der Waals surface area (Å²) in [6.45, 7) is 11.1. The quantitative estimate of drug-likeness (QED) is 0.178. The third kappa shape index (κ3) is 7.34. The first kappa shape index (κ1) is 27.6. The van der Waals surface area contributed by atoms with Crippen molar-refractivity contribution in [1.29, 1.82) is 0 Å². The largest absolute Gasteiger partial charge is 0.506 e. The molecule has 0 bridgehead atoms. The van der Waals surface area contributed by atoms with Gasteiger partial charge in [-0.1, -0.05) is 31.0 Å². The zero-order valence-corrected chi connectivity index (χ0v) is 25.7. The predicted molar refractivity (Wildman–Crippen MR) is 159 cm³/mol. The molecule has 0 spiro atoms. The SMILES string of the molecule is C[Si](C)(CCCOCCc1ccc(O)c(-n2nc3ccccc3n2)c1)O[Si](C)(C)CCC1CCC2CC2C1. The third-order valence-corrected chi connectivity index (χ3v) is 16.0. The van der Waals surface area contributed by atoms with E-state index in [1.54, 1.807) is 6.07 Å². The monoisotopic (exact) mass is 551 g/mol. The molecule has 3 aromatic rings. The summed E-state index contributed by atoms with van der Waals surface area (Å²) in [5.74, 6) is 3.31. The van der Waals surface area contributed by atoms with Gasteiger partial charge in [0, 0.05) is 6.61 Å². The number of benzene rings is 2. The fraction of sp³-hybridized carbons (Fsp3) is 0.600. The zero-order chi connectivity index (χ0) is 26.8. The van der Waals surface area contributed by atoms with Crippen LogP contribution < -0.4 is 0 Å². The van der Waals surface area contributed by atoms with E-state index in [1.165, 1.54) is 42.9 Å². The number of phenols is 1. The van der Waals surface area contributed by atoms with Crippen LogP contribution in [0.5, 0.6) is 5.75 Å². The molecule has 0 aliphatic heterocycles. The number of ether oxygens (including phenoxy) is 1. The molecule has 1 N–H and O–H groups in total. The highest BCUT2D eigenvalue weighted by Crippen LogP contribution is 2.52. The van der Waals surface area contributed by atoms with Crippen LogP contribution >= 0.6 is 0 Å². The van der Waals surface area contributed by atoms with Crippen LogP contribution in [0.1, 0.15) is 44.1 Å². The highest BCUT2D eigenvalue weighted by Gasteiger charge is 2.42. The summed E-state index contributed by atoms with van der Waals surface area (Å²) >= 11 is 0. The highest BCUT2D eigenvalue weighted by molar-refractivity contribution is 6.84. The standard InChI is InChI=1S/C30H45N3O3Si2/c1-37(2,36-38(3,4)19-15-24-10-12-25-22-26(25)20-24)18-7-16-35-17-14-23-11-13-30(34)29(21-23)33-31-27-8-5-6-9-28(27)32-33/h5-6,8-9,11,13,21,24-26,34H,7,10,12,14-20,22H2,1-4H3. The normalized spacial score (nSPS) is 21.5. The van der Waals surface area contributed by atoms with Crippen LogP contribution in [0.2, 0.25) is 38.3 Å². The Morgan fingerprint density at radius 2 is 1.63 bits per heavy atom. The molecule has 1 heterocycles. The average molecular weight is 552 g/mol. The Hall–Kier alpha value is -2.01. The van der Waals surface area contributed by atoms with E-state index < -0.39 is 16.6 Å². The molecular weight excluding hydrogens is 507 g/mol. The first-order chi connectivity index (χ1) is 18.2. The second kappa shape index (κ2) is 11.6. The molecule has 5 rings (SSSR count). The molecule has 3 atom stereocenters. The Labute approximate surface area is 230 Å². The van der Waals surface area contributed by atoms with Gasteiger partial charge in [-0.3, -0.25) is 0 Å². The first-order valence-electron chi connectivity index (χ1n) is 14.6. The van der Waals surface area contributed by atoms with Crippen LogP contribution in [-0.4, -0.2) is 49.9 Å². The van der Waals surface area contributed by atoms with Crippen LogP contribution in [0.15, 0.2) is 42.5 Å². The minimum absolute atomic E-state index is 0.170. The van der Waals surface area contributed by atoms with Gasteiger partial charge in [0.1, 0.15) is 22.5 Å². The lowest BCUT2D eigenvalue weighted by atomic mass is 9.87. The van der Waals surface area contributed by atoms with Crippen molar-refractivity contribution in [3.8, 4) is 11.4 Å². The van der Waals surface area contributed by atoms with Gasteiger partial charge in [-0.15, -0.1) is 15.0 Å². The van der Waals surface area contributed by atoms with Crippen LogP contribution in [-0.2, 0) is 15.3 Å². The molecular formula is C30H45N3O3Si2. The van der Waals surface area contributed by atoms with Gasteiger partial charge in [0.15, 0.2) is 16.6 Å². The van der Waals surface area contributed by atoms with Crippen molar-refractivity contribution in [3.63, 3.8) is 0 Å². The zero-order valence-electron chi connectivity index (χ0n) is 23.7. The molecule has 38 heavy (non-hydrogen) atoms. The van der Waals surface area contributed by atoms with E-state index in [1.807, 2.05) is 36.4 Å². The number of aromatic nitrogens is 3. The summed E-state index contributed by atoms with van der Waals surface area (Å²) in [6, 6.07) is 15.8. The van der Waals surface area contributed by atoms with Crippen molar-refractivity contribution >= 4 is 27.7 Å². The summed E-state index contributed by atoms with van der Waals surface area (Å²) < 4.78 is 12.9. The number of hydrogen-bond donors (Lipinski definition) is 1. The molecule has 0 saturated heterocycles. The molecule has 2 fully saturated rings. The molecule has 3 unspecified atom stereocenters. The molecule has 2 saturated carbocycles. The Morgan fingerprint density at radius 3 is 2.37 bits per heavy atom. The number of hydrogen-bond acceptors (Lipinski definition) is 5. The summed E-state index contributed by atoms with van der Waals surface area (Å²) in [5.41, 5.74) is 3.31. The smallest absolute Gasteiger partial charge is 0.173 e. The lowest BCUT2D eigenvalue weighted by Gasteiger charge is -2.35. The molecule has 2 aliphatic carbocycles. The van der Waals surface area contributed by atoms with E-state index in [0.29, 0.717) is 12.3 Å². The van der Waals surface area contributed by atoms with E-state index in [2.05, 4.69) is 36.4 Å². The minimum atomic E-state index is -1.68. The summed E-state index contributed by atoms with van der Waals surface area (Å²) in [4.78, 5) is 1.51. The Bertz CT molecular complexity index is 1200. The van der Waals surface area contributed by atoms with Crippen LogP contribution in [0.25, 0.3) is 16.7 Å². The van der Waals surface area contributed by atoms with Crippen molar-refractivity contribution in [1.82, 2.24) is 15.0 Å². The van der Waals surface area contributed by atoms with Crippen molar-refractivity contribution < 1.29 is 14.0 Å². The second-order valence-electron chi connectivity index (χ2n) is 12.9. The summed E-state index contributed by atoms with van der Waals surface area (Å²) in [6.07, 6.45) is 9.20. The maximum absolute atomic E-state index is 10.4. The van der Waals surface area contributed by atoms with Crippen molar-refractivity contribution in [3.05, 3.63) is 48.0 Å². The van der Waals surface area contributed by atoms with Gasteiger partial charge in [-0.25, -0.2) is 0 Å². The lowest BCUT2D eigenvalue weighted by molar-refractivity contribution is 0.137. The average Bonchev–Trinajstić information content (AvgIpc) is 3.52. The molecule has 0 amide bonds. The lowest BCUT2D eigenvalue weighted by Crippen LogP contribution is -2.44. The van der Waals surface area contributed by atoms with Crippen molar-refractivity contribution in [2.45, 2.75) is 83.2 Å². The molecule has 0 radical (unpaired) electrons. The van der Waals surface area contributed by atoms with Crippen LogP contribution in [0.4, 0.5) is 0 Å². The molecule has 2 aliphatic rings. The van der Waals surface area contributed by atoms with Gasteiger partial charge in [0.2, 0.25) is 0 Å². The fourth-order valence-corrected chi connectivity index (χ4v) is 15.3. The van der Waals surface area contributed by atoms with Crippen molar-refractivity contribution in [2.24, 2.45) is 17.8 Å². The van der Waals surface area contributed by atoms with E-state index in [9.17, 15) is 5.11 Å². The minimum Gasteiger partial charge on any atom is -0.506 e. The van der Waals surface area contributed by atoms with E-state index in [4.69, 9.17) is 8.85 Å². The molecule has 6 nitrogen and oxygen atoms in total. The first-order valence-corrected chi connectivity index (χ1v) is 20.8. The van der Waals surface area contributed by atoms with Gasteiger partial charge in [0.05, 0.1) is 6.61 Å². The maximum atomic E-state index is 10.4. The van der Waals surface area contributed by atoms with Gasteiger partial charge in [0.25, 0.3) is 0 Å². The molecule has 8 heteroatoms. The van der Waals surface area contributed by atoms with E-state index in [-0.39, 0.29) is 5.75 Å². The van der Waals surface area contributed by atoms with Crippen molar-refractivity contribution in [2.75, 3.05) is 13.2 Å². The topological polar surface area (TPSA) is 69.4 Å².